The molecule has 176 valence electrons. The molecule has 3 unspecified atom stereocenters. The molecule has 0 bridgehead atoms. The van der Waals surface area contributed by atoms with Gasteiger partial charge in [-0.25, -0.2) is 13.1 Å². The van der Waals surface area contributed by atoms with Gasteiger partial charge in [-0.3, -0.25) is 4.79 Å². The number of benzene rings is 1. The number of hydrogen-bond acceptors (Lipinski definition) is 5. The summed E-state index contributed by atoms with van der Waals surface area (Å²) in [5.41, 5.74) is 4.24. The van der Waals surface area contributed by atoms with Crippen LogP contribution in [0.2, 0.25) is 0 Å². The van der Waals surface area contributed by atoms with Crippen molar-refractivity contribution in [2.45, 2.75) is 91.2 Å². The maximum Gasteiger partial charge on any atom is 0.224 e. The number of carbonyl (C=O) groups excluding carboxylic acids is 1. The lowest BCUT2D eigenvalue weighted by Crippen LogP contribution is -2.52. The van der Waals surface area contributed by atoms with Gasteiger partial charge in [0.15, 0.2) is 0 Å². The van der Waals surface area contributed by atoms with E-state index in [0.717, 1.165) is 23.4 Å². The minimum absolute atomic E-state index is 0.0519. The third kappa shape index (κ3) is 6.67. The molecule has 2 rings (SSSR count). The van der Waals surface area contributed by atoms with Gasteiger partial charge in [0.1, 0.15) is 0 Å². The zero-order valence-electron chi connectivity index (χ0n) is 20.0. The van der Waals surface area contributed by atoms with Crippen LogP contribution in [0.5, 0.6) is 0 Å². The zero-order chi connectivity index (χ0) is 23.3. The molecule has 0 aromatic heterocycles. The number of ether oxygens (including phenoxy) is 1. The van der Waals surface area contributed by atoms with Crippen molar-refractivity contribution in [1.82, 2.24) is 4.72 Å². The smallest absolute Gasteiger partial charge is 0.224 e. The fourth-order valence-corrected chi connectivity index (χ4v) is 4.56. The van der Waals surface area contributed by atoms with E-state index in [1.807, 2.05) is 13.0 Å². The van der Waals surface area contributed by atoms with Gasteiger partial charge in [0, 0.05) is 30.9 Å². The van der Waals surface area contributed by atoms with Gasteiger partial charge >= 0.3 is 0 Å². The molecular weight excluding hydrogens is 414 g/mol. The highest BCUT2D eigenvalue weighted by Gasteiger charge is 2.30. The number of sulfonamides is 1. The molecule has 3 atom stereocenters. The normalized spacial score (nSPS) is 22.1. The summed E-state index contributed by atoms with van der Waals surface area (Å²) in [4.78, 5) is 14.8. The second-order valence-corrected chi connectivity index (χ2v) is 11.2. The molecule has 0 aliphatic carbocycles. The molecular formula is C23H39N3O4S. The molecule has 1 heterocycles. The van der Waals surface area contributed by atoms with Gasteiger partial charge in [-0.2, -0.15) is 0 Å². The van der Waals surface area contributed by atoms with E-state index in [1.165, 1.54) is 5.69 Å². The van der Waals surface area contributed by atoms with Crippen molar-refractivity contribution in [3.8, 4) is 0 Å². The summed E-state index contributed by atoms with van der Waals surface area (Å²) >= 11 is 0. The Balaban J connectivity index is 1.93. The van der Waals surface area contributed by atoms with Crippen LogP contribution in [0.1, 0.15) is 65.0 Å². The molecule has 8 heteroatoms. The van der Waals surface area contributed by atoms with Gasteiger partial charge in [-0.1, -0.05) is 0 Å². The van der Waals surface area contributed by atoms with Crippen LogP contribution in [0.25, 0.3) is 0 Å². The third-order valence-corrected chi connectivity index (χ3v) is 8.02. The quantitative estimate of drug-likeness (QED) is 0.556. The number of hydrogen-bond donors (Lipinski definition) is 2. The maximum atomic E-state index is 12.4. The highest BCUT2D eigenvalue weighted by Crippen LogP contribution is 2.32. The molecule has 0 saturated carbocycles. The Morgan fingerprint density at radius 1 is 1.16 bits per heavy atom. The standard InChI is InChI=1S/C23H39N3O4S/c1-15(2)31(28,29)24-13-9-8-10-23(27)25-21-11-12-22(18(5)17(21)4)26-14-16(3)30-20(7)19(26)6/h11-12,15-16,19-20,24H,8-10,13-14H2,1-7H3,(H,25,27). The van der Waals surface area contributed by atoms with Crippen LogP contribution in [0.3, 0.4) is 0 Å². The summed E-state index contributed by atoms with van der Waals surface area (Å²) in [5, 5.41) is 2.57. The SMILES string of the molecule is Cc1c(NC(=O)CCCCNS(=O)(=O)C(C)C)ccc(N2CC(C)OC(C)C2C)c1C. The van der Waals surface area contributed by atoms with Gasteiger partial charge in [0.05, 0.1) is 23.5 Å². The Morgan fingerprint density at radius 3 is 2.48 bits per heavy atom. The number of carbonyl (C=O) groups is 1. The number of nitrogens with one attached hydrogen (secondary N) is 2. The molecule has 0 radical (unpaired) electrons. The van der Waals surface area contributed by atoms with Crippen molar-refractivity contribution < 1.29 is 17.9 Å². The number of morpholine rings is 1. The fraction of sp³-hybridized carbons (Fsp3) is 0.696. The Hall–Kier alpha value is -1.64. The summed E-state index contributed by atoms with van der Waals surface area (Å²) < 4.78 is 32.0. The minimum Gasteiger partial charge on any atom is -0.372 e. The highest BCUT2D eigenvalue weighted by molar-refractivity contribution is 7.90. The lowest BCUT2D eigenvalue weighted by atomic mass is 10.0. The van der Waals surface area contributed by atoms with Crippen molar-refractivity contribution in [3.63, 3.8) is 0 Å². The van der Waals surface area contributed by atoms with Crippen molar-refractivity contribution in [1.29, 1.82) is 0 Å². The molecule has 1 fully saturated rings. The van der Waals surface area contributed by atoms with Crippen molar-refractivity contribution in [2.75, 3.05) is 23.3 Å². The predicted molar refractivity (Wildman–Crippen MR) is 127 cm³/mol. The Kier molecular flexibility index (Phi) is 8.92. The van der Waals surface area contributed by atoms with Gasteiger partial charge in [-0.05, 0) is 84.6 Å². The molecule has 1 aromatic rings. The van der Waals surface area contributed by atoms with E-state index in [9.17, 15) is 13.2 Å². The lowest BCUT2D eigenvalue weighted by Gasteiger charge is -2.43. The van der Waals surface area contributed by atoms with E-state index in [0.29, 0.717) is 25.8 Å². The van der Waals surface area contributed by atoms with E-state index in [-0.39, 0.29) is 24.2 Å². The third-order valence-electron chi connectivity index (χ3n) is 6.17. The van der Waals surface area contributed by atoms with Crippen molar-refractivity contribution in [2.24, 2.45) is 0 Å². The molecule has 2 N–H and O–H groups in total. The molecule has 1 aromatic carbocycles. The number of rotatable bonds is 9. The van der Waals surface area contributed by atoms with Crippen LogP contribution < -0.4 is 14.9 Å². The summed E-state index contributed by atoms with van der Waals surface area (Å²) in [7, 11) is -3.24. The van der Waals surface area contributed by atoms with Gasteiger partial charge in [-0.15, -0.1) is 0 Å². The number of amides is 1. The largest absolute Gasteiger partial charge is 0.372 e. The monoisotopic (exact) mass is 453 g/mol. The Labute approximate surface area is 188 Å². The first-order valence-electron chi connectivity index (χ1n) is 11.2. The second kappa shape index (κ2) is 10.8. The average molecular weight is 454 g/mol. The van der Waals surface area contributed by atoms with Gasteiger partial charge < -0.3 is 15.0 Å². The van der Waals surface area contributed by atoms with Crippen LogP contribution in [0.15, 0.2) is 12.1 Å². The van der Waals surface area contributed by atoms with Crippen LogP contribution in [0.4, 0.5) is 11.4 Å². The zero-order valence-corrected chi connectivity index (χ0v) is 20.8. The first-order valence-corrected chi connectivity index (χ1v) is 12.8. The molecule has 1 saturated heterocycles. The Morgan fingerprint density at radius 2 is 1.84 bits per heavy atom. The van der Waals surface area contributed by atoms with Crippen LogP contribution in [-0.4, -0.2) is 50.9 Å². The molecule has 0 spiro atoms. The predicted octanol–water partition coefficient (Wildman–Crippen LogP) is 3.74. The Bertz CT molecular complexity index is 870. The van der Waals surface area contributed by atoms with E-state index in [4.69, 9.17) is 4.74 Å². The van der Waals surface area contributed by atoms with Crippen LogP contribution in [0, 0.1) is 13.8 Å². The number of unbranched alkanes of at least 4 members (excludes halogenated alkanes) is 1. The minimum atomic E-state index is -3.24. The molecule has 1 amide bonds. The number of nitrogens with zero attached hydrogens (tertiary/aromatic N) is 1. The summed E-state index contributed by atoms with van der Waals surface area (Å²) in [5.74, 6) is -0.0519. The first kappa shape index (κ1) is 25.6. The van der Waals surface area contributed by atoms with E-state index in [1.54, 1.807) is 13.8 Å². The van der Waals surface area contributed by atoms with Gasteiger partial charge in [0.2, 0.25) is 15.9 Å². The maximum absolute atomic E-state index is 12.4. The van der Waals surface area contributed by atoms with E-state index < -0.39 is 15.3 Å². The van der Waals surface area contributed by atoms with E-state index in [2.05, 4.69) is 48.7 Å². The van der Waals surface area contributed by atoms with Crippen molar-refractivity contribution in [3.05, 3.63) is 23.3 Å². The molecule has 1 aliphatic heterocycles. The fourth-order valence-electron chi connectivity index (χ4n) is 3.79. The molecule has 31 heavy (non-hydrogen) atoms. The average Bonchev–Trinajstić information content (AvgIpc) is 2.68. The first-order chi connectivity index (χ1) is 14.4. The molecule has 7 nitrogen and oxygen atoms in total. The van der Waals surface area contributed by atoms with Gasteiger partial charge in [0.25, 0.3) is 0 Å². The van der Waals surface area contributed by atoms with E-state index >= 15 is 0 Å². The summed E-state index contributed by atoms with van der Waals surface area (Å²) in [6.45, 7) is 15.0. The van der Waals surface area contributed by atoms with Crippen molar-refractivity contribution >= 4 is 27.3 Å². The second-order valence-electron chi connectivity index (χ2n) is 8.92. The lowest BCUT2D eigenvalue weighted by molar-refractivity contribution is -0.116. The summed E-state index contributed by atoms with van der Waals surface area (Å²) in [6, 6.07) is 4.34. The molecule has 1 aliphatic rings. The van der Waals surface area contributed by atoms with Crippen LogP contribution >= 0.6 is 0 Å². The number of anilines is 2. The topological polar surface area (TPSA) is 87.7 Å². The summed E-state index contributed by atoms with van der Waals surface area (Å²) in [6.07, 6.45) is 1.95. The highest BCUT2D eigenvalue weighted by atomic mass is 32.2. The van der Waals surface area contributed by atoms with Crippen LogP contribution in [-0.2, 0) is 19.6 Å².